The zero-order chi connectivity index (χ0) is 9.60. The molecule has 14 heavy (non-hydrogen) atoms. The summed E-state index contributed by atoms with van der Waals surface area (Å²) in [5.41, 5.74) is 0.576. The second kappa shape index (κ2) is 2.96. The van der Waals surface area contributed by atoms with Gasteiger partial charge in [-0.3, -0.25) is 4.79 Å². The SMILES string of the molecule is O=C1CNCCN1CC1(C2CC2)CC1. The monoisotopic (exact) mass is 194 g/mol. The molecule has 3 nitrogen and oxygen atoms in total. The van der Waals surface area contributed by atoms with E-state index in [9.17, 15) is 4.79 Å². The lowest BCUT2D eigenvalue weighted by Gasteiger charge is -2.31. The van der Waals surface area contributed by atoms with Crippen molar-refractivity contribution in [3.63, 3.8) is 0 Å². The molecule has 1 aliphatic heterocycles. The fourth-order valence-electron chi connectivity index (χ4n) is 2.74. The highest BCUT2D eigenvalue weighted by atomic mass is 16.2. The second-order valence-electron chi connectivity index (χ2n) is 5.13. The second-order valence-corrected chi connectivity index (χ2v) is 5.13. The molecule has 3 fully saturated rings. The number of hydrogen-bond donors (Lipinski definition) is 1. The number of rotatable bonds is 3. The third-order valence-corrected chi connectivity index (χ3v) is 4.03. The first-order valence-corrected chi connectivity index (χ1v) is 5.79. The lowest BCUT2D eigenvalue weighted by atomic mass is 9.99. The van der Waals surface area contributed by atoms with Gasteiger partial charge in [0.2, 0.25) is 5.91 Å². The minimum Gasteiger partial charge on any atom is -0.340 e. The van der Waals surface area contributed by atoms with E-state index < -0.39 is 0 Å². The molecule has 3 heteroatoms. The molecule has 1 saturated heterocycles. The van der Waals surface area contributed by atoms with Gasteiger partial charge in [-0.05, 0) is 37.0 Å². The van der Waals surface area contributed by atoms with Gasteiger partial charge < -0.3 is 10.2 Å². The highest BCUT2D eigenvalue weighted by Gasteiger charge is 2.54. The van der Waals surface area contributed by atoms with Crippen LogP contribution in [0, 0.1) is 11.3 Å². The minimum atomic E-state index is 0.308. The van der Waals surface area contributed by atoms with Crippen molar-refractivity contribution in [2.75, 3.05) is 26.2 Å². The summed E-state index contributed by atoms with van der Waals surface area (Å²) in [7, 11) is 0. The molecule has 2 saturated carbocycles. The summed E-state index contributed by atoms with van der Waals surface area (Å²) >= 11 is 0. The van der Waals surface area contributed by atoms with Gasteiger partial charge in [0.1, 0.15) is 0 Å². The molecular weight excluding hydrogens is 176 g/mol. The molecule has 0 atom stereocenters. The average Bonchev–Trinajstić information content (AvgIpc) is 3.00. The van der Waals surface area contributed by atoms with E-state index in [1.165, 1.54) is 25.7 Å². The number of carbonyl (C=O) groups is 1. The van der Waals surface area contributed by atoms with E-state index in [2.05, 4.69) is 10.2 Å². The maximum atomic E-state index is 11.6. The molecule has 3 aliphatic rings. The maximum absolute atomic E-state index is 11.6. The molecule has 3 rings (SSSR count). The quantitative estimate of drug-likeness (QED) is 0.714. The Morgan fingerprint density at radius 3 is 2.79 bits per heavy atom. The molecule has 0 unspecified atom stereocenters. The normalized spacial score (nSPS) is 30.6. The molecule has 0 aromatic rings. The lowest BCUT2D eigenvalue weighted by Crippen LogP contribution is -2.50. The van der Waals surface area contributed by atoms with Gasteiger partial charge in [-0.15, -0.1) is 0 Å². The summed E-state index contributed by atoms with van der Waals surface area (Å²) in [4.78, 5) is 13.7. The average molecular weight is 194 g/mol. The largest absolute Gasteiger partial charge is 0.340 e. The Kier molecular flexibility index (Phi) is 1.84. The van der Waals surface area contributed by atoms with Gasteiger partial charge >= 0.3 is 0 Å². The number of nitrogens with zero attached hydrogens (tertiary/aromatic N) is 1. The van der Waals surface area contributed by atoms with Crippen molar-refractivity contribution >= 4 is 5.91 Å². The van der Waals surface area contributed by atoms with Crippen molar-refractivity contribution in [3.8, 4) is 0 Å². The molecular formula is C11H18N2O. The van der Waals surface area contributed by atoms with Crippen LogP contribution in [0.25, 0.3) is 0 Å². The number of piperazine rings is 1. The van der Waals surface area contributed by atoms with Crippen molar-refractivity contribution in [2.45, 2.75) is 25.7 Å². The molecule has 0 bridgehead atoms. The molecule has 1 N–H and O–H groups in total. The summed E-state index contributed by atoms with van der Waals surface area (Å²) in [5.74, 6) is 1.27. The topological polar surface area (TPSA) is 32.3 Å². The van der Waals surface area contributed by atoms with Crippen LogP contribution in [0.3, 0.4) is 0 Å². The molecule has 1 amide bonds. The van der Waals surface area contributed by atoms with Crippen molar-refractivity contribution in [2.24, 2.45) is 11.3 Å². The van der Waals surface area contributed by atoms with E-state index in [1.807, 2.05) is 0 Å². The predicted molar refractivity (Wildman–Crippen MR) is 53.8 cm³/mol. The van der Waals surface area contributed by atoms with Gasteiger partial charge in [-0.1, -0.05) is 0 Å². The Morgan fingerprint density at radius 2 is 2.21 bits per heavy atom. The van der Waals surface area contributed by atoms with E-state index in [1.54, 1.807) is 0 Å². The Morgan fingerprint density at radius 1 is 1.43 bits per heavy atom. The standard InChI is InChI=1S/C11H18N2O/c14-10-7-12-5-6-13(10)8-11(3-4-11)9-1-2-9/h9,12H,1-8H2. The Hall–Kier alpha value is -0.570. The molecule has 0 aromatic heterocycles. The third-order valence-electron chi connectivity index (χ3n) is 4.03. The van der Waals surface area contributed by atoms with E-state index in [0.717, 1.165) is 25.6 Å². The number of carbonyl (C=O) groups excluding carboxylic acids is 1. The van der Waals surface area contributed by atoms with Crippen LogP contribution < -0.4 is 5.32 Å². The van der Waals surface area contributed by atoms with Gasteiger partial charge in [0.05, 0.1) is 6.54 Å². The minimum absolute atomic E-state index is 0.308. The number of nitrogens with one attached hydrogen (secondary N) is 1. The van der Waals surface area contributed by atoms with Gasteiger partial charge in [-0.25, -0.2) is 0 Å². The van der Waals surface area contributed by atoms with Gasteiger partial charge in [0.15, 0.2) is 0 Å². The highest BCUT2D eigenvalue weighted by molar-refractivity contribution is 5.79. The van der Waals surface area contributed by atoms with Gasteiger partial charge in [0.25, 0.3) is 0 Å². The van der Waals surface area contributed by atoms with E-state index in [0.29, 0.717) is 17.9 Å². The fourth-order valence-corrected chi connectivity index (χ4v) is 2.74. The molecule has 1 heterocycles. The number of amides is 1. The zero-order valence-corrected chi connectivity index (χ0v) is 8.59. The summed E-state index contributed by atoms with van der Waals surface area (Å²) in [6, 6.07) is 0. The molecule has 0 radical (unpaired) electrons. The van der Waals surface area contributed by atoms with Crippen LogP contribution in [0.5, 0.6) is 0 Å². The van der Waals surface area contributed by atoms with Gasteiger partial charge in [-0.2, -0.15) is 0 Å². The molecule has 2 aliphatic carbocycles. The zero-order valence-electron chi connectivity index (χ0n) is 8.59. The van der Waals surface area contributed by atoms with Crippen LogP contribution in [0.4, 0.5) is 0 Å². The van der Waals surface area contributed by atoms with Crippen LogP contribution in [-0.2, 0) is 4.79 Å². The van der Waals surface area contributed by atoms with Crippen molar-refractivity contribution in [3.05, 3.63) is 0 Å². The molecule has 0 spiro atoms. The lowest BCUT2D eigenvalue weighted by molar-refractivity contribution is -0.132. The van der Waals surface area contributed by atoms with Crippen molar-refractivity contribution in [1.82, 2.24) is 10.2 Å². The third kappa shape index (κ3) is 1.44. The first-order valence-electron chi connectivity index (χ1n) is 5.79. The number of hydrogen-bond acceptors (Lipinski definition) is 2. The highest BCUT2D eigenvalue weighted by Crippen LogP contribution is 2.61. The Labute approximate surface area is 84.8 Å². The van der Waals surface area contributed by atoms with Gasteiger partial charge in [0, 0.05) is 19.6 Å². The molecule has 78 valence electrons. The van der Waals surface area contributed by atoms with Crippen LogP contribution in [0.15, 0.2) is 0 Å². The first-order chi connectivity index (χ1) is 6.80. The summed E-state index contributed by atoms with van der Waals surface area (Å²) in [6.45, 7) is 3.51. The van der Waals surface area contributed by atoms with E-state index >= 15 is 0 Å². The van der Waals surface area contributed by atoms with E-state index in [-0.39, 0.29) is 0 Å². The van der Waals surface area contributed by atoms with Crippen molar-refractivity contribution in [1.29, 1.82) is 0 Å². The van der Waals surface area contributed by atoms with Crippen LogP contribution in [0.1, 0.15) is 25.7 Å². The van der Waals surface area contributed by atoms with Crippen LogP contribution in [-0.4, -0.2) is 37.0 Å². The van der Waals surface area contributed by atoms with Crippen LogP contribution in [0.2, 0.25) is 0 Å². The summed E-state index contributed by atoms with van der Waals surface area (Å²) in [5, 5.41) is 3.12. The summed E-state index contributed by atoms with van der Waals surface area (Å²) < 4.78 is 0. The van der Waals surface area contributed by atoms with Crippen molar-refractivity contribution < 1.29 is 4.79 Å². The smallest absolute Gasteiger partial charge is 0.236 e. The Balaban J connectivity index is 1.62. The van der Waals surface area contributed by atoms with E-state index in [4.69, 9.17) is 0 Å². The Bertz CT molecular complexity index is 256. The first kappa shape index (κ1) is 8.72. The van der Waals surface area contributed by atoms with Crippen LogP contribution >= 0.6 is 0 Å². The summed E-state index contributed by atoms with van der Waals surface area (Å²) in [6.07, 6.45) is 5.57. The molecule has 0 aromatic carbocycles. The fraction of sp³-hybridized carbons (Fsp3) is 0.909. The maximum Gasteiger partial charge on any atom is 0.236 e. The predicted octanol–water partition coefficient (Wildman–Crippen LogP) is 0.608.